The molecule has 0 unspecified atom stereocenters. The Bertz CT molecular complexity index is 655. The number of esters is 1. The quantitative estimate of drug-likeness (QED) is 0.702. The maximum absolute atomic E-state index is 11.8. The Hall–Kier alpha value is -1.43. The topological polar surface area (TPSA) is 36.0 Å². The maximum atomic E-state index is 11.8. The van der Waals surface area contributed by atoms with Gasteiger partial charge in [0.15, 0.2) is 0 Å². The highest BCUT2D eigenvalue weighted by Gasteiger charge is 2.34. The molecule has 0 radical (unpaired) electrons. The summed E-state index contributed by atoms with van der Waals surface area (Å²) in [6.07, 6.45) is 2.65. The molecule has 0 spiro atoms. The first-order valence-electron chi connectivity index (χ1n) is 10.7. The minimum Gasteiger partial charge on any atom is -0.469 e. The number of likely N-dealkylation sites (tertiary alicyclic amines) is 1. The first-order valence-corrected chi connectivity index (χ1v) is 10.7. The Morgan fingerprint density at radius 1 is 1.14 bits per heavy atom. The SMILES string of the molecule is COC(=O)CC[C@H]1CN(Cc2cc(C)ccc2C)CC[C@H]1N1CCN(C)CC1. The summed E-state index contributed by atoms with van der Waals surface area (Å²) >= 11 is 0. The molecule has 1 aromatic carbocycles. The molecular formula is C23H37N3O2. The lowest BCUT2D eigenvalue weighted by Crippen LogP contribution is -2.56. The second-order valence-electron chi connectivity index (χ2n) is 8.74. The van der Waals surface area contributed by atoms with E-state index in [4.69, 9.17) is 4.74 Å². The van der Waals surface area contributed by atoms with Gasteiger partial charge in [-0.1, -0.05) is 23.8 Å². The molecule has 2 aliphatic heterocycles. The van der Waals surface area contributed by atoms with Gasteiger partial charge in [0.05, 0.1) is 7.11 Å². The molecule has 0 N–H and O–H groups in total. The minimum atomic E-state index is -0.0798. The van der Waals surface area contributed by atoms with E-state index < -0.39 is 0 Å². The van der Waals surface area contributed by atoms with Crippen LogP contribution < -0.4 is 0 Å². The van der Waals surface area contributed by atoms with Crippen molar-refractivity contribution in [2.45, 2.75) is 45.7 Å². The van der Waals surface area contributed by atoms with Crippen LogP contribution in [-0.4, -0.2) is 80.1 Å². The summed E-state index contributed by atoms with van der Waals surface area (Å²) in [5, 5.41) is 0. The van der Waals surface area contributed by atoms with Gasteiger partial charge in [-0.15, -0.1) is 0 Å². The van der Waals surface area contributed by atoms with Crippen LogP contribution in [0, 0.1) is 19.8 Å². The van der Waals surface area contributed by atoms with E-state index in [1.54, 1.807) is 0 Å². The number of nitrogens with zero attached hydrogens (tertiary/aromatic N) is 3. The van der Waals surface area contributed by atoms with Gasteiger partial charge in [0.25, 0.3) is 0 Å². The fraction of sp³-hybridized carbons (Fsp3) is 0.696. The van der Waals surface area contributed by atoms with Gasteiger partial charge in [0, 0.05) is 51.7 Å². The van der Waals surface area contributed by atoms with Crippen LogP contribution in [0.5, 0.6) is 0 Å². The van der Waals surface area contributed by atoms with Crippen LogP contribution in [0.4, 0.5) is 0 Å². The van der Waals surface area contributed by atoms with Gasteiger partial charge in [-0.05, 0) is 57.3 Å². The standard InChI is InChI=1S/C23H37N3O2/c1-18-5-6-19(2)21(15-18)17-25-10-9-22(26-13-11-24(3)12-14-26)20(16-25)7-8-23(27)28-4/h5-6,15,20,22H,7-14,16-17H2,1-4H3/t20-,22+/m0/s1. The number of ether oxygens (including phenoxy) is 1. The molecule has 2 atom stereocenters. The van der Waals surface area contributed by atoms with E-state index in [0.29, 0.717) is 18.4 Å². The number of hydrogen-bond donors (Lipinski definition) is 0. The van der Waals surface area contributed by atoms with E-state index in [1.807, 2.05) is 0 Å². The number of piperidine rings is 1. The first kappa shape index (κ1) is 21.3. The molecule has 28 heavy (non-hydrogen) atoms. The second-order valence-corrected chi connectivity index (χ2v) is 8.74. The molecule has 1 aromatic rings. The number of rotatable bonds is 6. The number of benzene rings is 1. The highest BCUT2D eigenvalue weighted by atomic mass is 16.5. The number of piperazine rings is 1. The molecule has 0 amide bonds. The molecule has 3 rings (SSSR count). The number of likely N-dealkylation sites (N-methyl/N-ethyl adjacent to an activating group) is 1. The van der Waals surface area contributed by atoms with Crippen LogP contribution in [0.15, 0.2) is 18.2 Å². The Morgan fingerprint density at radius 3 is 2.61 bits per heavy atom. The summed E-state index contributed by atoms with van der Waals surface area (Å²) < 4.78 is 4.91. The fourth-order valence-corrected chi connectivity index (χ4v) is 4.77. The lowest BCUT2D eigenvalue weighted by molar-refractivity contribution is -0.141. The van der Waals surface area contributed by atoms with Gasteiger partial charge >= 0.3 is 5.97 Å². The Labute approximate surface area is 170 Å². The number of carbonyl (C=O) groups is 1. The van der Waals surface area contributed by atoms with Crippen molar-refractivity contribution in [1.29, 1.82) is 0 Å². The molecule has 0 aliphatic carbocycles. The third-order valence-electron chi connectivity index (χ3n) is 6.63. The fourth-order valence-electron chi connectivity index (χ4n) is 4.77. The summed E-state index contributed by atoms with van der Waals surface area (Å²) in [5.41, 5.74) is 4.14. The van der Waals surface area contributed by atoms with Crippen LogP contribution in [-0.2, 0) is 16.1 Å². The number of hydrogen-bond acceptors (Lipinski definition) is 5. The highest BCUT2D eigenvalue weighted by molar-refractivity contribution is 5.69. The molecule has 156 valence electrons. The van der Waals surface area contributed by atoms with Crippen molar-refractivity contribution in [2.75, 3.05) is 53.4 Å². The largest absolute Gasteiger partial charge is 0.469 e. The van der Waals surface area contributed by atoms with E-state index in [1.165, 1.54) is 30.2 Å². The van der Waals surface area contributed by atoms with Gasteiger partial charge < -0.3 is 9.64 Å². The molecule has 0 saturated carbocycles. The highest BCUT2D eigenvalue weighted by Crippen LogP contribution is 2.28. The smallest absolute Gasteiger partial charge is 0.305 e. The van der Waals surface area contributed by atoms with Gasteiger partial charge in [-0.25, -0.2) is 0 Å². The minimum absolute atomic E-state index is 0.0798. The molecule has 2 aliphatic rings. The first-order chi connectivity index (χ1) is 13.5. The third kappa shape index (κ3) is 5.56. The van der Waals surface area contributed by atoms with Crippen LogP contribution in [0.3, 0.4) is 0 Å². The number of methoxy groups -OCH3 is 1. The van der Waals surface area contributed by atoms with Crippen LogP contribution in [0.1, 0.15) is 36.0 Å². The van der Waals surface area contributed by atoms with Gasteiger partial charge in [-0.2, -0.15) is 0 Å². The van der Waals surface area contributed by atoms with Gasteiger partial charge in [-0.3, -0.25) is 14.6 Å². The van der Waals surface area contributed by atoms with Crippen LogP contribution in [0.2, 0.25) is 0 Å². The summed E-state index contributed by atoms with van der Waals surface area (Å²) in [7, 11) is 3.70. The zero-order chi connectivity index (χ0) is 20.1. The molecule has 2 heterocycles. The van der Waals surface area contributed by atoms with Crippen molar-refractivity contribution in [2.24, 2.45) is 5.92 Å². The Kier molecular flexibility index (Phi) is 7.49. The molecule has 0 aromatic heterocycles. The van der Waals surface area contributed by atoms with Crippen molar-refractivity contribution >= 4 is 5.97 Å². The molecule has 2 saturated heterocycles. The number of carbonyl (C=O) groups excluding carboxylic acids is 1. The Balaban J connectivity index is 1.66. The van der Waals surface area contributed by atoms with Crippen LogP contribution >= 0.6 is 0 Å². The summed E-state index contributed by atoms with van der Waals surface area (Å²) in [4.78, 5) is 19.5. The normalized spacial score (nSPS) is 25.0. The lowest BCUT2D eigenvalue weighted by atomic mass is 9.86. The molecule has 2 fully saturated rings. The summed E-state index contributed by atoms with van der Waals surface area (Å²) in [6.45, 7) is 12.2. The predicted octanol–water partition coefficient (Wildman–Crippen LogP) is 2.69. The van der Waals surface area contributed by atoms with Gasteiger partial charge in [0.1, 0.15) is 0 Å². The monoisotopic (exact) mass is 387 g/mol. The summed E-state index contributed by atoms with van der Waals surface area (Å²) in [5.74, 6) is 0.449. The van der Waals surface area contributed by atoms with Crippen molar-refractivity contribution < 1.29 is 9.53 Å². The molecule has 0 bridgehead atoms. The van der Waals surface area contributed by atoms with Crippen molar-refractivity contribution in [3.63, 3.8) is 0 Å². The van der Waals surface area contributed by atoms with Crippen molar-refractivity contribution in [3.8, 4) is 0 Å². The van der Waals surface area contributed by atoms with Crippen LogP contribution in [0.25, 0.3) is 0 Å². The molecule has 5 heteroatoms. The van der Waals surface area contributed by atoms with Gasteiger partial charge in [0.2, 0.25) is 0 Å². The van der Waals surface area contributed by atoms with E-state index >= 15 is 0 Å². The zero-order valence-corrected chi connectivity index (χ0v) is 18.1. The van der Waals surface area contributed by atoms with Crippen molar-refractivity contribution in [3.05, 3.63) is 34.9 Å². The number of aryl methyl sites for hydroxylation is 2. The molecular weight excluding hydrogens is 350 g/mol. The third-order valence-corrected chi connectivity index (χ3v) is 6.63. The average molecular weight is 388 g/mol. The lowest BCUT2D eigenvalue weighted by Gasteiger charge is -2.46. The van der Waals surface area contributed by atoms with E-state index in [-0.39, 0.29) is 5.97 Å². The average Bonchev–Trinajstić information content (AvgIpc) is 2.70. The van der Waals surface area contributed by atoms with E-state index in [9.17, 15) is 4.79 Å². The van der Waals surface area contributed by atoms with Crippen molar-refractivity contribution in [1.82, 2.24) is 14.7 Å². The summed E-state index contributed by atoms with van der Waals surface area (Å²) in [6, 6.07) is 7.34. The predicted molar refractivity (Wildman–Crippen MR) is 113 cm³/mol. The Morgan fingerprint density at radius 2 is 1.89 bits per heavy atom. The van der Waals surface area contributed by atoms with E-state index in [2.05, 4.69) is 53.8 Å². The molecule has 5 nitrogen and oxygen atoms in total. The maximum Gasteiger partial charge on any atom is 0.305 e. The zero-order valence-electron chi connectivity index (χ0n) is 18.1. The second kappa shape index (κ2) is 9.86. The van der Waals surface area contributed by atoms with E-state index in [0.717, 1.165) is 52.2 Å².